The number of carbonyl (C=O) groups is 1. The lowest BCUT2D eigenvalue weighted by molar-refractivity contribution is -0.130. The fourth-order valence-corrected chi connectivity index (χ4v) is 3.01. The van der Waals surface area contributed by atoms with Gasteiger partial charge in [-0.05, 0) is 28.8 Å². The number of hydrogen-bond acceptors (Lipinski definition) is 2. The van der Waals surface area contributed by atoms with Gasteiger partial charge in [0.2, 0.25) is 5.91 Å². The van der Waals surface area contributed by atoms with E-state index in [9.17, 15) is 4.79 Å². The first kappa shape index (κ1) is 17.0. The highest BCUT2D eigenvalue weighted by Gasteiger charge is 2.12. The Balaban J connectivity index is 1.61. The third kappa shape index (κ3) is 4.18. The molecule has 0 atom stereocenters. The van der Waals surface area contributed by atoms with Crippen LogP contribution in [0.5, 0.6) is 5.75 Å². The van der Waals surface area contributed by atoms with E-state index < -0.39 is 0 Å². The molecule has 0 aliphatic heterocycles. The van der Waals surface area contributed by atoms with Gasteiger partial charge in [-0.2, -0.15) is 0 Å². The summed E-state index contributed by atoms with van der Waals surface area (Å²) < 4.78 is 5.36. The number of aryl methyl sites for hydroxylation is 1. The predicted octanol–water partition coefficient (Wildman–Crippen LogP) is 4.44. The number of amides is 1. The Labute approximate surface area is 148 Å². The van der Waals surface area contributed by atoms with Gasteiger partial charge >= 0.3 is 0 Å². The van der Waals surface area contributed by atoms with Crippen molar-refractivity contribution in [3.63, 3.8) is 0 Å². The van der Waals surface area contributed by atoms with Crippen LogP contribution in [-0.4, -0.2) is 25.0 Å². The summed E-state index contributed by atoms with van der Waals surface area (Å²) in [5, 5.41) is 2.45. The van der Waals surface area contributed by atoms with E-state index in [0.29, 0.717) is 13.0 Å². The van der Waals surface area contributed by atoms with Gasteiger partial charge in [0.15, 0.2) is 0 Å². The van der Waals surface area contributed by atoms with Crippen LogP contribution in [-0.2, 0) is 17.8 Å². The van der Waals surface area contributed by atoms with Gasteiger partial charge in [0.05, 0.1) is 7.11 Å². The normalized spacial score (nSPS) is 10.6. The molecule has 0 saturated carbocycles. The van der Waals surface area contributed by atoms with Gasteiger partial charge in [-0.25, -0.2) is 0 Å². The van der Waals surface area contributed by atoms with Crippen molar-refractivity contribution in [3.8, 4) is 5.75 Å². The molecule has 0 saturated heterocycles. The average Bonchev–Trinajstić information content (AvgIpc) is 2.66. The van der Waals surface area contributed by atoms with E-state index in [-0.39, 0.29) is 5.91 Å². The molecule has 3 aromatic rings. The van der Waals surface area contributed by atoms with Gasteiger partial charge < -0.3 is 9.64 Å². The number of hydrogen-bond donors (Lipinski definition) is 0. The molecule has 0 N–H and O–H groups in total. The quantitative estimate of drug-likeness (QED) is 0.667. The standard InChI is InChI=1S/C22H23NO2/c1-23(16-20-9-5-6-10-21(20)25-2)22(24)14-12-17-11-13-18-7-3-4-8-19(18)15-17/h3-11,13,15H,12,14,16H2,1-2H3. The fourth-order valence-electron chi connectivity index (χ4n) is 3.01. The smallest absolute Gasteiger partial charge is 0.222 e. The molecule has 25 heavy (non-hydrogen) atoms. The zero-order chi connectivity index (χ0) is 17.6. The predicted molar refractivity (Wildman–Crippen MR) is 102 cm³/mol. The van der Waals surface area contributed by atoms with Crippen LogP contribution in [0, 0.1) is 0 Å². The maximum Gasteiger partial charge on any atom is 0.222 e. The molecule has 0 aliphatic rings. The second-order valence-corrected chi connectivity index (χ2v) is 6.24. The fraction of sp³-hybridized carbons (Fsp3) is 0.227. The van der Waals surface area contributed by atoms with Crippen molar-refractivity contribution in [3.05, 3.63) is 77.9 Å². The van der Waals surface area contributed by atoms with E-state index in [1.165, 1.54) is 16.3 Å². The highest BCUT2D eigenvalue weighted by molar-refractivity contribution is 5.83. The SMILES string of the molecule is COc1ccccc1CN(C)C(=O)CCc1ccc2ccccc2c1. The molecular formula is C22H23NO2. The number of methoxy groups -OCH3 is 1. The van der Waals surface area contributed by atoms with Gasteiger partial charge in [-0.1, -0.05) is 60.7 Å². The van der Waals surface area contributed by atoms with Gasteiger partial charge in [0, 0.05) is 25.6 Å². The number of carbonyl (C=O) groups excluding carboxylic acids is 1. The minimum absolute atomic E-state index is 0.138. The highest BCUT2D eigenvalue weighted by atomic mass is 16.5. The Bertz CT molecular complexity index is 873. The molecule has 3 rings (SSSR count). The van der Waals surface area contributed by atoms with Crippen molar-refractivity contribution >= 4 is 16.7 Å². The van der Waals surface area contributed by atoms with Crippen LogP contribution in [0.15, 0.2) is 66.7 Å². The summed E-state index contributed by atoms with van der Waals surface area (Å²) in [4.78, 5) is 14.2. The summed E-state index contributed by atoms with van der Waals surface area (Å²) >= 11 is 0. The Morgan fingerprint density at radius 1 is 0.960 bits per heavy atom. The Kier molecular flexibility index (Phi) is 5.34. The number of ether oxygens (including phenoxy) is 1. The topological polar surface area (TPSA) is 29.5 Å². The van der Waals surface area contributed by atoms with Crippen LogP contribution in [0.1, 0.15) is 17.5 Å². The van der Waals surface area contributed by atoms with Crippen LogP contribution in [0.3, 0.4) is 0 Å². The van der Waals surface area contributed by atoms with Crippen molar-refractivity contribution in [2.24, 2.45) is 0 Å². The summed E-state index contributed by atoms with van der Waals surface area (Å²) in [5.41, 5.74) is 2.21. The van der Waals surface area contributed by atoms with Crippen LogP contribution in [0.4, 0.5) is 0 Å². The first-order valence-corrected chi connectivity index (χ1v) is 8.51. The molecule has 128 valence electrons. The van der Waals surface area contributed by atoms with Crippen molar-refractivity contribution in [2.75, 3.05) is 14.2 Å². The zero-order valence-corrected chi connectivity index (χ0v) is 14.7. The van der Waals surface area contributed by atoms with E-state index in [2.05, 4.69) is 30.3 Å². The van der Waals surface area contributed by atoms with Crippen LogP contribution >= 0.6 is 0 Å². The molecule has 0 bridgehead atoms. The lowest BCUT2D eigenvalue weighted by atomic mass is 10.0. The number of rotatable bonds is 6. The van der Waals surface area contributed by atoms with E-state index in [0.717, 1.165) is 17.7 Å². The van der Waals surface area contributed by atoms with E-state index in [1.807, 2.05) is 43.4 Å². The minimum atomic E-state index is 0.138. The third-order valence-electron chi connectivity index (χ3n) is 4.47. The maximum absolute atomic E-state index is 12.5. The largest absolute Gasteiger partial charge is 0.496 e. The summed E-state index contributed by atoms with van der Waals surface area (Å²) in [6.45, 7) is 0.556. The second kappa shape index (κ2) is 7.84. The molecule has 3 heteroatoms. The van der Waals surface area contributed by atoms with Crippen LogP contribution in [0.25, 0.3) is 10.8 Å². The van der Waals surface area contributed by atoms with Crippen molar-refractivity contribution in [1.82, 2.24) is 4.90 Å². The Hall–Kier alpha value is -2.81. The molecule has 3 aromatic carbocycles. The molecule has 0 fully saturated rings. The zero-order valence-electron chi connectivity index (χ0n) is 14.7. The Morgan fingerprint density at radius 2 is 1.68 bits per heavy atom. The van der Waals surface area contributed by atoms with Gasteiger partial charge in [-0.3, -0.25) is 4.79 Å². The summed E-state index contributed by atoms with van der Waals surface area (Å²) in [7, 11) is 3.50. The first-order chi connectivity index (χ1) is 12.2. The van der Waals surface area contributed by atoms with Gasteiger partial charge in [0.1, 0.15) is 5.75 Å². The van der Waals surface area contributed by atoms with Gasteiger partial charge in [-0.15, -0.1) is 0 Å². The van der Waals surface area contributed by atoms with E-state index in [1.54, 1.807) is 12.0 Å². The first-order valence-electron chi connectivity index (χ1n) is 8.51. The number of fused-ring (bicyclic) bond motifs is 1. The van der Waals surface area contributed by atoms with E-state index >= 15 is 0 Å². The summed E-state index contributed by atoms with van der Waals surface area (Å²) in [5.74, 6) is 0.954. The molecule has 0 aliphatic carbocycles. The minimum Gasteiger partial charge on any atom is -0.496 e. The molecule has 0 heterocycles. The summed E-state index contributed by atoms with van der Waals surface area (Å²) in [6.07, 6.45) is 1.25. The molecule has 3 nitrogen and oxygen atoms in total. The van der Waals surface area contributed by atoms with E-state index in [4.69, 9.17) is 4.74 Å². The average molecular weight is 333 g/mol. The van der Waals surface area contributed by atoms with Crippen molar-refractivity contribution < 1.29 is 9.53 Å². The molecule has 1 amide bonds. The number of nitrogens with zero attached hydrogens (tertiary/aromatic N) is 1. The van der Waals surface area contributed by atoms with Crippen molar-refractivity contribution in [1.29, 1.82) is 0 Å². The van der Waals surface area contributed by atoms with Crippen LogP contribution < -0.4 is 4.74 Å². The van der Waals surface area contributed by atoms with Gasteiger partial charge in [0.25, 0.3) is 0 Å². The lowest BCUT2D eigenvalue weighted by Gasteiger charge is -2.19. The molecule has 0 unspecified atom stereocenters. The highest BCUT2D eigenvalue weighted by Crippen LogP contribution is 2.20. The number of benzene rings is 3. The molecule has 0 radical (unpaired) electrons. The third-order valence-corrected chi connectivity index (χ3v) is 4.47. The maximum atomic E-state index is 12.5. The molecule has 0 aromatic heterocycles. The monoisotopic (exact) mass is 333 g/mol. The molecule has 0 spiro atoms. The molecular weight excluding hydrogens is 310 g/mol. The lowest BCUT2D eigenvalue weighted by Crippen LogP contribution is -2.26. The number of para-hydroxylation sites is 1. The van der Waals surface area contributed by atoms with Crippen molar-refractivity contribution in [2.45, 2.75) is 19.4 Å². The van der Waals surface area contributed by atoms with Crippen LogP contribution in [0.2, 0.25) is 0 Å². The summed E-state index contributed by atoms with van der Waals surface area (Å²) in [6, 6.07) is 22.5. The Morgan fingerprint density at radius 3 is 2.48 bits per heavy atom. The second-order valence-electron chi connectivity index (χ2n) is 6.24.